The van der Waals surface area contributed by atoms with Gasteiger partial charge in [-0.15, -0.1) is 0 Å². The van der Waals surface area contributed by atoms with E-state index in [1.165, 1.54) is 52.0 Å². The van der Waals surface area contributed by atoms with Crippen LogP contribution in [0.3, 0.4) is 0 Å². The van der Waals surface area contributed by atoms with Gasteiger partial charge in [-0.05, 0) is 26.3 Å². The third kappa shape index (κ3) is 3.65. The highest BCUT2D eigenvalue weighted by atomic mass is 16.5. The molecule has 0 aromatic heterocycles. The smallest absolute Gasteiger partial charge is 0.0802 e. The van der Waals surface area contributed by atoms with Gasteiger partial charge in [0, 0.05) is 52.9 Å². The van der Waals surface area contributed by atoms with Crippen LogP contribution in [0.5, 0.6) is 0 Å². The van der Waals surface area contributed by atoms with Gasteiger partial charge in [-0.1, -0.05) is 0 Å². The van der Waals surface area contributed by atoms with Gasteiger partial charge in [-0.2, -0.15) is 0 Å². The molecule has 0 bridgehead atoms. The van der Waals surface area contributed by atoms with E-state index in [1.807, 2.05) is 7.11 Å². The minimum atomic E-state index is 0.169. The summed E-state index contributed by atoms with van der Waals surface area (Å²) in [5, 5.41) is 3.56. The summed E-state index contributed by atoms with van der Waals surface area (Å²) in [5.41, 5.74) is 0.169. The Balaban J connectivity index is 1.54. The first-order chi connectivity index (χ1) is 8.24. The Kier molecular flexibility index (Phi) is 4.79. The molecule has 1 saturated heterocycles. The van der Waals surface area contributed by atoms with E-state index in [0.717, 1.165) is 13.1 Å². The molecular weight excluding hydrogens is 214 g/mol. The molecule has 0 aromatic carbocycles. The van der Waals surface area contributed by atoms with Gasteiger partial charge in [0.25, 0.3) is 0 Å². The van der Waals surface area contributed by atoms with Crippen molar-refractivity contribution in [2.45, 2.75) is 24.9 Å². The molecule has 100 valence electrons. The Morgan fingerprint density at radius 3 is 2.41 bits per heavy atom. The van der Waals surface area contributed by atoms with E-state index in [9.17, 15) is 0 Å². The number of hydrogen-bond acceptors (Lipinski definition) is 4. The molecule has 17 heavy (non-hydrogen) atoms. The molecule has 0 unspecified atom stereocenters. The van der Waals surface area contributed by atoms with Gasteiger partial charge in [-0.3, -0.25) is 4.90 Å². The van der Waals surface area contributed by atoms with Gasteiger partial charge in [0.05, 0.1) is 5.60 Å². The fourth-order valence-corrected chi connectivity index (χ4v) is 2.65. The summed E-state index contributed by atoms with van der Waals surface area (Å²) < 4.78 is 5.60. The van der Waals surface area contributed by atoms with E-state index in [0.29, 0.717) is 0 Å². The van der Waals surface area contributed by atoms with Gasteiger partial charge < -0.3 is 15.0 Å². The quantitative estimate of drug-likeness (QED) is 0.681. The van der Waals surface area contributed by atoms with E-state index in [-0.39, 0.29) is 5.60 Å². The lowest BCUT2D eigenvalue weighted by atomic mass is 9.80. The van der Waals surface area contributed by atoms with E-state index in [4.69, 9.17) is 4.74 Å². The number of nitrogens with zero attached hydrogens (tertiary/aromatic N) is 2. The lowest BCUT2D eigenvalue weighted by molar-refractivity contribution is -0.0694. The minimum Gasteiger partial charge on any atom is -0.377 e. The SMILES string of the molecule is COC1(CNCCN2CCN(C)CC2)CCC1. The zero-order chi connectivity index (χ0) is 12.1. The van der Waals surface area contributed by atoms with Crippen LogP contribution in [-0.4, -0.2) is 75.4 Å². The molecule has 0 atom stereocenters. The van der Waals surface area contributed by atoms with Crippen molar-refractivity contribution in [2.24, 2.45) is 0 Å². The monoisotopic (exact) mass is 241 g/mol. The maximum Gasteiger partial charge on any atom is 0.0802 e. The van der Waals surface area contributed by atoms with Gasteiger partial charge in [-0.25, -0.2) is 0 Å². The largest absolute Gasteiger partial charge is 0.377 e. The van der Waals surface area contributed by atoms with Gasteiger partial charge in [0.15, 0.2) is 0 Å². The van der Waals surface area contributed by atoms with Crippen molar-refractivity contribution in [3.8, 4) is 0 Å². The van der Waals surface area contributed by atoms with Crippen LogP contribution in [-0.2, 0) is 4.74 Å². The standard InChI is InChI=1S/C13H27N3O/c1-15-8-10-16(11-9-15)7-6-14-12-13(17-2)4-3-5-13/h14H,3-12H2,1-2H3. The van der Waals surface area contributed by atoms with Crippen molar-refractivity contribution in [2.75, 3.05) is 60.0 Å². The Bertz CT molecular complexity index is 217. The Morgan fingerprint density at radius 1 is 1.18 bits per heavy atom. The highest BCUT2D eigenvalue weighted by Gasteiger charge is 2.36. The van der Waals surface area contributed by atoms with E-state index in [1.54, 1.807) is 0 Å². The summed E-state index contributed by atoms with van der Waals surface area (Å²) in [6.45, 7) is 8.14. The summed E-state index contributed by atoms with van der Waals surface area (Å²) in [4.78, 5) is 4.95. The molecule has 1 N–H and O–H groups in total. The topological polar surface area (TPSA) is 27.7 Å². The van der Waals surface area contributed by atoms with Crippen molar-refractivity contribution in [1.82, 2.24) is 15.1 Å². The van der Waals surface area contributed by atoms with Crippen LogP contribution in [0.2, 0.25) is 0 Å². The number of likely N-dealkylation sites (N-methyl/N-ethyl adjacent to an activating group) is 1. The Labute approximate surface area is 105 Å². The molecule has 0 spiro atoms. The maximum atomic E-state index is 5.60. The van der Waals surface area contributed by atoms with Crippen molar-refractivity contribution in [3.63, 3.8) is 0 Å². The number of rotatable bonds is 6. The van der Waals surface area contributed by atoms with Crippen LogP contribution < -0.4 is 5.32 Å². The summed E-state index contributed by atoms with van der Waals surface area (Å²) in [6, 6.07) is 0. The minimum absolute atomic E-state index is 0.169. The molecule has 1 saturated carbocycles. The summed E-state index contributed by atoms with van der Waals surface area (Å²) >= 11 is 0. The van der Waals surface area contributed by atoms with Crippen LogP contribution in [0.1, 0.15) is 19.3 Å². The molecule has 2 aliphatic rings. The number of hydrogen-bond donors (Lipinski definition) is 1. The zero-order valence-electron chi connectivity index (χ0n) is 11.4. The molecule has 0 radical (unpaired) electrons. The molecule has 4 heteroatoms. The van der Waals surface area contributed by atoms with Crippen molar-refractivity contribution < 1.29 is 4.74 Å². The molecule has 2 rings (SSSR count). The van der Waals surface area contributed by atoms with Crippen LogP contribution in [0.15, 0.2) is 0 Å². The summed E-state index contributed by atoms with van der Waals surface area (Å²) in [7, 11) is 4.05. The van der Waals surface area contributed by atoms with Gasteiger partial charge in [0.2, 0.25) is 0 Å². The predicted molar refractivity (Wildman–Crippen MR) is 70.4 cm³/mol. The fourth-order valence-electron chi connectivity index (χ4n) is 2.65. The average Bonchev–Trinajstić information content (AvgIpc) is 2.30. The second-order valence-corrected chi connectivity index (χ2v) is 5.56. The molecule has 1 aliphatic heterocycles. The van der Waals surface area contributed by atoms with Crippen LogP contribution in [0, 0.1) is 0 Å². The fraction of sp³-hybridized carbons (Fsp3) is 1.00. The molecule has 4 nitrogen and oxygen atoms in total. The maximum absolute atomic E-state index is 5.60. The highest BCUT2D eigenvalue weighted by Crippen LogP contribution is 2.34. The van der Waals surface area contributed by atoms with Crippen LogP contribution >= 0.6 is 0 Å². The van der Waals surface area contributed by atoms with E-state index in [2.05, 4.69) is 22.2 Å². The third-order valence-corrected chi connectivity index (χ3v) is 4.35. The number of piperazine rings is 1. The summed E-state index contributed by atoms with van der Waals surface area (Å²) in [5.74, 6) is 0. The number of methoxy groups -OCH3 is 1. The molecule has 0 aromatic rings. The first-order valence-corrected chi connectivity index (χ1v) is 6.91. The molecule has 0 amide bonds. The lowest BCUT2D eigenvalue weighted by Crippen LogP contribution is -2.50. The van der Waals surface area contributed by atoms with Gasteiger partial charge in [0.1, 0.15) is 0 Å². The summed E-state index contributed by atoms with van der Waals surface area (Å²) in [6.07, 6.45) is 3.78. The zero-order valence-corrected chi connectivity index (χ0v) is 11.4. The average molecular weight is 241 g/mol. The molecule has 1 heterocycles. The van der Waals surface area contributed by atoms with Gasteiger partial charge >= 0.3 is 0 Å². The third-order valence-electron chi connectivity index (χ3n) is 4.35. The Morgan fingerprint density at radius 2 is 1.88 bits per heavy atom. The first-order valence-electron chi connectivity index (χ1n) is 6.91. The van der Waals surface area contributed by atoms with E-state index >= 15 is 0 Å². The van der Waals surface area contributed by atoms with Crippen molar-refractivity contribution in [1.29, 1.82) is 0 Å². The highest BCUT2D eigenvalue weighted by molar-refractivity contribution is 4.91. The second-order valence-electron chi connectivity index (χ2n) is 5.56. The number of nitrogens with one attached hydrogen (secondary N) is 1. The molecule has 1 aliphatic carbocycles. The molecular formula is C13H27N3O. The molecule has 2 fully saturated rings. The first kappa shape index (κ1) is 13.3. The second kappa shape index (κ2) is 6.14. The predicted octanol–water partition coefficient (Wildman–Crippen LogP) is 0.393. The normalized spacial score (nSPS) is 25.8. The Hall–Kier alpha value is -0.160. The van der Waals surface area contributed by atoms with Crippen LogP contribution in [0.4, 0.5) is 0 Å². The number of ether oxygens (including phenoxy) is 1. The van der Waals surface area contributed by atoms with E-state index < -0.39 is 0 Å². The lowest BCUT2D eigenvalue weighted by Gasteiger charge is -2.41. The van der Waals surface area contributed by atoms with Crippen molar-refractivity contribution >= 4 is 0 Å². The van der Waals surface area contributed by atoms with Crippen LogP contribution in [0.25, 0.3) is 0 Å². The van der Waals surface area contributed by atoms with Crippen molar-refractivity contribution in [3.05, 3.63) is 0 Å².